The number of nitrogens with one attached hydrogen (secondary N) is 1. The molecule has 0 saturated heterocycles. The lowest BCUT2D eigenvalue weighted by Crippen LogP contribution is -2.04. The van der Waals surface area contributed by atoms with Gasteiger partial charge < -0.3 is 5.32 Å². The lowest BCUT2D eigenvalue weighted by molar-refractivity contribution is -0.384. The Morgan fingerprint density at radius 3 is 2.27 bits per heavy atom. The Hall–Kier alpha value is -3.37. The Kier molecular flexibility index (Phi) is 6.09. The van der Waals surface area contributed by atoms with Gasteiger partial charge in [0.2, 0.25) is 5.91 Å². The van der Waals surface area contributed by atoms with E-state index in [2.05, 4.69) is 10.3 Å². The molecule has 0 aliphatic carbocycles. The number of nitrogens with zero attached hydrogens (tertiary/aromatic N) is 2. The number of sulfone groups is 1. The van der Waals surface area contributed by atoms with Crippen molar-refractivity contribution in [1.29, 1.82) is 0 Å². The first-order chi connectivity index (χ1) is 14.1. The minimum Gasteiger partial charge on any atom is -0.302 e. The van der Waals surface area contributed by atoms with Crippen molar-refractivity contribution in [3.63, 3.8) is 0 Å². The Morgan fingerprint density at radius 1 is 1.10 bits per heavy atom. The molecule has 0 saturated carbocycles. The minimum atomic E-state index is -3.31. The summed E-state index contributed by atoms with van der Waals surface area (Å²) in [5, 5.41) is 13.8. The van der Waals surface area contributed by atoms with E-state index in [1.165, 1.54) is 42.5 Å². The molecule has 0 aliphatic heterocycles. The van der Waals surface area contributed by atoms with Crippen LogP contribution < -0.4 is 5.32 Å². The molecule has 10 heteroatoms. The number of hydrogen-bond donors (Lipinski definition) is 1. The molecule has 1 heterocycles. The van der Waals surface area contributed by atoms with E-state index in [-0.39, 0.29) is 16.5 Å². The van der Waals surface area contributed by atoms with Crippen LogP contribution in [0, 0.1) is 10.1 Å². The van der Waals surface area contributed by atoms with E-state index < -0.39 is 14.8 Å². The SMILES string of the molecule is CC(=O)Nc1nc(C=Cc2ccc([N+](=O)[O-])cc2)c(-c2ccc(S(C)(=O)=O)cc2)s1. The van der Waals surface area contributed by atoms with Crippen LogP contribution in [0.1, 0.15) is 18.2 Å². The Balaban J connectivity index is 1.97. The molecule has 0 spiro atoms. The van der Waals surface area contributed by atoms with Gasteiger partial charge in [-0.1, -0.05) is 29.5 Å². The second kappa shape index (κ2) is 8.56. The van der Waals surface area contributed by atoms with E-state index in [1.54, 1.807) is 36.4 Å². The summed E-state index contributed by atoms with van der Waals surface area (Å²) in [6.45, 7) is 1.38. The summed E-state index contributed by atoms with van der Waals surface area (Å²) < 4.78 is 23.4. The molecule has 3 aromatic rings. The summed E-state index contributed by atoms with van der Waals surface area (Å²) in [4.78, 5) is 27.1. The number of anilines is 1. The smallest absolute Gasteiger partial charge is 0.269 e. The maximum Gasteiger partial charge on any atom is 0.269 e. The maximum atomic E-state index is 11.7. The first kappa shape index (κ1) is 21.3. The Morgan fingerprint density at radius 2 is 1.73 bits per heavy atom. The number of carbonyl (C=O) groups is 1. The van der Waals surface area contributed by atoms with Crippen molar-refractivity contribution in [2.24, 2.45) is 0 Å². The van der Waals surface area contributed by atoms with E-state index in [0.717, 1.165) is 22.3 Å². The van der Waals surface area contributed by atoms with Gasteiger partial charge in [-0.15, -0.1) is 0 Å². The van der Waals surface area contributed by atoms with E-state index >= 15 is 0 Å². The van der Waals surface area contributed by atoms with Crippen LogP contribution in [0.3, 0.4) is 0 Å². The molecule has 1 N–H and O–H groups in total. The van der Waals surface area contributed by atoms with Crippen molar-refractivity contribution in [3.8, 4) is 10.4 Å². The monoisotopic (exact) mass is 443 g/mol. The first-order valence-electron chi connectivity index (χ1n) is 8.65. The van der Waals surface area contributed by atoms with Gasteiger partial charge in [-0.05, 0) is 41.5 Å². The van der Waals surface area contributed by atoms with Crippen LogP contribution in [0.5, 0.6) is 0 Å². The summed E-state index contributed by atoms with van der Waals surface area (Å²) >= 11 is 1.26. The number of nitro groups is 1. The van der Waals surface area contributed by atoms with E-state index in [4.69, 9.17) is 0 Å². The highest BCUT2D eigenvalue weighted by molar-refractivity contribution is 7.90. The van der Waals surface area contributed by atoms with Crippen LogP contribution in [0.25, 0.3) is 22.6 Å². The van der Waals surface area contributed by atoms with Gasteiger partial charge >= 0.3 is 0 Å². The number of nitro benzene ring substituents is 1. The largest absolute Gasteiger partial charge is 0.302 e. The third-order valence-corrected chi connectivity index (χ3v) is 6.18. The number of benzene rings is 2. The molecule has 154 valence electrons. The molecule has 1 amide bonds. The molecule has 0 atom stereocenters. The third kappa shape index (κ3) is 5.16. The maximum absolute atomic E-state index is 11.7. The fourth-order valence-corrected chi connectivity index (χ4v) is 4.23. The zero-order valence-electron chi connectivity index (χ0n) is 16.0. The lowest BCUT2D eigenvalue weighted by Gasteiger charge is -2.02. The second-order valence-corrected chi connectivity index (χ2v) is 9.41. The van der Waals surface area contributed by atoms with Gasteiger partial charge in [-0.3, -0.25) is 14.9 Å². The number of aromatic nitrogens is 1. The van der Waals surface area contributed by atoms with Crippen molar-refractivity contribution in [1.82, 2.24) is 4.98 Å². The van der Waals surface area contributed by atoms with Gasteiger partial charge in [-0.25, -0.2) is 13.4 Å². The summed E-state index contributed by atoms with van der Waals surface area (Å²) in [5.74, 6) is -0.256. The Labute approximate surface area is 177 Å². The van der Waals surface area contributed by atoms with Gasteiger partial charge in [0.15, 0.2) is 15.0 Å². The van der Waals surface area contributed by atoms with E-state index in [0.29, 0.717) is 10.8 Å². The molecule has 2 aromatic carbocycles. The van der Waals surface area contributed by atoms with Gasteiger partial charge in [0.25, 0.3) is 5.69 Å². The highest BCUT2D eigenvalue weighted by Gasteiger charge is 2.14. The molecule has 8 nitrogen and oxygen atoms in total. The molecule has 0 aliphatic rings. The fourth-order valence-electron chi connectivity index (χ4n) is 2.59. The molecule has 0 unspecified atom stereocenters. The fraction of sp³-hybridized carbons (Fsp3) is 0.100. The number of hydrogen-bond acceptors (Lipinski definition) is 7. The summed E-state index contributed by atoms with van der Waals surface area (Å²) in [5.41, 5.74) is 2.07. The zero-order valence-corrected chi connectivity index (χ0v) is 17.7. The predicted octanol–water partition coefficient (Wildman–Crippen LogP) is 4.25. The highest BCUT2D eigenvalue weighted by Crippen LogP contribution is 2.35. The molecular weight excluding hydrogens is 426 g/mol. The van der Waals surface area contributed by atoms with E-state index in [9.17, 15) is 23.3 Å². The van der Waals surface area contributed by atoms with Gasteiger partial charge in [-0.2, -0.15) is 0 Å². The number of thiazole rings is 1. The number of amides is 1. The standard InChI is InChI=1S/C20H17N3O5S2/c1-13(24)21-20-22-18(12-5-14-3-8-16(9-4-14)23(25)26)19(29-20)15-6-10-17(11-7-15)30(2,27)28/h3-12H,1-2H3,(H,21,22,24). The molecular formula is C20H17N3O5S2. The average Bonchev–Trinajstić information content (AvgIpc) is 3.08. The van der Waals surface area contributed by atoms with Crippen molar-refractivity contribution < 1.29 is 18.1 Å². The minimum absolute atomic E-state index is 0.000378. The normalized spacial score (nSPS) is 11.5. The van der Waals surface area contributed by atoms with E-state index in [1.807, 2.05) is 0 Å². The van der Waals surface area contributed by atoms with Crippen LogP contribution >= 0.6 is 11.3 Å². The van der Waals surface area contributed by atoms with Crippen molar-refractivity contribution >= 4 is 50.1 Å². The lowest BCUT2D eigenvalue weighted by atomic mass is 10.1. The molecule has 30 heavy (non-hydrogen) atoms. The molecule has 1 aromatic heterocycles. The van der Waals surface area contributed by atoms with Crippen molar-refractivity contribution in [3.05, 3.63) is 69.9 Å². The number of carbonyl (C=O) groups excluding carboxylic acids is 1. The summed E-state index contributed by atoms with van der Waals surface area (Å²) in [7, 11) is -3.31. The van der Waals surface area contributed by atoms with Crippen LogP contribution in [0.2, 0.25) is 0 Å². The topological polar surface area (TPSA) is 119 Å². The van der Waals surface area contributed by atoms with Crippen molar-refractivity contribution in [2.45, 2.75) is 11.8 Å². The molecule has 0 bridgehead atoms. The molecule has 0 fully saturated rings. The van der Waals surface area contributed by atoms with Crippen LogP contribution in [-0.4, -0.2) is 30.5 Å². The third-order valence-electron chi connectivity index (χ3n) is 4.02. The zero-order chi connectivity index (χ0) is 21.9. The second-order valence-electron chi connectivity index (χ2n) is 6.39. The van der Waals surface area contributed by atoms with Gasteiger partial charge in [0.05, 0.1) is 20.4 Å². The van der Waals surface area contributed by atoms with Crippen molar-refractivity contribution in [2.75, 3.05) is 11.6 Å². The molecule has 0 radical (unpaired) electrons. The highest BCUT2D eigenvalue weighted by atomic mass is 32.2. The average molecular weight is 444 g/mol. The van der Waals surface area contributed by atoms with Crippen LogP contribution in [0.4, 0.5) is 10.8 Å². The van der Waals surface area contributed by atoms with Crippen LogP contribution in [0.15, 0.2) is 53.4 Å². The summed E-state index contributed by atoms with van der Waals surface area (Å²) in [6, 6.07) is 12.5. The first-order valence-corrected chi connectivity index (χ1v) is 11.4. The van der Waals surface area contributed by atoms with Crippen LogP contribution in [-0.2, 0) is 14.6 Å². The predicted molar refractivity (Wildman–Crippen MR) is 117 cm³/mol. The van der Waals surface area contributed by atoms with Gasteiger partial charge in [0.1, 0.15) is 0 Å². The quantitative estimate of drug-likeness (QED) is 0.449. The molecule has 3 rings (SSSR count). The van der Waals surface area contributed by atoms with Gasteiger partial charge in [0, 0.05) is 25.3 Å². The number of rotatable bonds is 6. The summed E-state index contributed by atoms with van der Waals surface area (Å²) in [6.07, 6.45) is 4.63. The Bertz CT molecular complexity index is 1230. The number of non-ortho nitro benzene ring substituents is 1.